The highest BCUT2D eigenvalue weighted by atomic mass is 32.1. The number of esters is 1. The first-order valence-electron chi connectivity index (χ1n) is 16.5. The molecule has 1 heterocycles. The van der Waals surface area contributed by atoms with Gasteiger partial charge >= 0.3 is 12.0 Å². The topological polar surface area (TPSA) is 177 Å². The zero-order valence-corrected chi connectivity index (χ0v) is 30.9. The minimum atomic E-state index is -1.17. The van der Waals surface area contributed by atoms with Gasteiger partial charge in [0.25, 0.3) is 5.91 Å². The van der Waals surface area contributed by atoms with Crippen LogP contribution in [0.4, 0.5) is 4.79 Å². The molecule has 1 aliphatic carbocycles. The maximum atomic E-state index is 13.7. The van der Waals surface area contributed by atoms with Gasteiger partial charge in [-0.1, -0.05) is 98.1 Å². The third kappa shape index (κ3) is 13.5. The van der Waals surface area contributed by atoms with E-state index in [0.717, 1.165) is 11.5 Å². The molecule has 1 saturated heterocycles. The molecule has 1 aliphatic heterocycles. The van der Waals surface area contributed by atoms with Crippen LogP contribution < -0.4 is 21.7 Å². The third-order valence-electron chi connectivity index (χ3n) is 8.22. The van der Waals surface area contributed by atoms with E-state index in [-0.39, 0.29) is 13.2 Å². The van der Waals surface area contributed by atoms with Crippen LogP contribution in [0.15, 0.2) is 30.3 Å². The van der Waals surface area contributed by atoms with Gasteiger partial charge in [0.2, 0.25) is 17.6 Å². The van der Waals surface area contributed by atoms with Crippen molar-refractivity contribution >= 4 is 48.1 Å². The molecule has 270 valence electrons. The van der Waals surface area contributed by atoms with Gasteiger partial charge in [0, 0.05) is 6.54 Å². The highest BCUT2D eigenvalue weighted by Gasteiger charge is 2.43. The molecule has 0 radical (unpaired) electrons. The lowest BCUT2D eigenvalue weighted by Crippen LogP contribution is -2.61. The molecule has 2 fully saturated rings. The molecule has 0 aromatic heterocycles. The van der Waals surface area contributed by atoms with Crippen molar-refractivity contribution in [1.29, 1.82) is 0 Å². The van der Waals surface area contributed by atoms with E-state index in [4.69, 9.17) is 10.5 Å². The molecule has 3 rings (SSSR count). The molecular weight excluding hydrogens is 634 g/mol. The Labute approximate surface area is 291 Å². The van der Waals surface area contributed by atoms with Gasteiger partial charge in [-0.2, -0.15) is 12.6 Å². The Kier molecular flexibility index (Phi) is 17.1. The fourth-order valence-electron chi connectivity index (χ4n) is 5.06. The van der Waals surface area contributed by atoms with E-state index in [1.165, 1.54) is 31.1 Å². The summed E-state index contributed by atoms with van der Waals surface area (Å²) in [4.78, 5) is 77.2. The number of Topliss-reactive ketones (excluding diaryl/α,β-unsaturated/α-hetero) is 1. The summed E-state index contributed by atoms with van der Waals surface area (Å²) in [5, 5.41) is 7.82. The second kappa shape index (κ2) is 19.4. The molecule has 12 nitrogen and oxygen atoms in total. The van der Waals surface area contributed by atoms with E-state index in [2.05, 4.69) is 35.5 Å². The number of urea groups is 1. The number of primary amides is 1. The monoisotopic (exact) mass is 691 g/mol. The molecule has 48 heavy (non-hydrogen) atoms. The normalized spacial score (nSPS) is 17.8. The first-order chi connectivity index (χ1) is 22.3. The van der Waals surface area contributed by atoms with Gasteiger partial charge in [-0.05, 0) is 48.3 Å². The molecule has 1 aromatic carbocycles. The van der Waals surface area contributed by atoms with Gasteiger partial charge in [-0.25, -0.2) is 9.59 Å². The number of thiol groups is 1. The van der Waals surface area contributed by atoms with E-state index in [0.29, 0.717) is 12.8 Å². The van der Waals surface area contributed by atoms with Gasteiger partial charge in [0.1, 0.15) is 24.7 Å². The summed E-state index contributed by atoms with van der Waals surface area (Å²) in [6, 6.07) is 4.30. The lowest BCUT2D eigenvalue weighted by molar-refractivity contribution is -0.150. The number of ketones is 1. The number of likely N-dealkylation sites (tertiary alicyclic amines) is 1. The number of carbonyl (C=O) groups excluding carboxylic acids is 6. The third-order valence-corrected chi connectivity index (χ3v) is 8.22. The predicted octanol–water partition coefficient (Wildman–Crippen LogP) is 3.76. The first-order valence-corrected chi connectivity index (χ1v) is 17.4. The fourth-order valence-corrected chi connectivity index (χ4v) is 5.06. The van der Waals surface area contributed by atoms with Crippen LogP contribution in [0.5, 0.6) is 0 Å². The van der Waals surface area contributed by atoms with Crippen molar-refractivity contribution in [2.75, 3.05) is 12.8 Å². The number of amides is 5. The Morgan fingerprint density at radius 3 is 1.85 bits per heavy atom. The molecule has 4 unspecified atom stereocenters. The van der Waals surface area contributed by atoms with Crippen LogP contribution in [-0.4, -0.2) is 77.4 Å². The number of rotatable bonds is 10. The molecule has 0 bridgehead atoms. The van der Waals surface area contributed by atoms with Gasteiger partial charge < -0.3 is 31.3 Å². The molecule has 0 spiro atoms. The van der Waals surface area contributed by atoms with E-state index in [9.17, 15) is 28.8 Å². The number of benzene rings is 1. The second-order valence-corrected chi connectivity index (χ2v) is 14.5. The molecule has 4 atom stereocenters. The fraction of sp³-hybridized carbons (Fsp3) is 0.657. The standard InChI is InChI=1S/C29H43N5O7.C5H10.CH4S/c1-17(20(35)23(30)36)31-24(37)19-14-11-15-34(19)25(38)21(28(2,3)4)32-27(40)33-22(29(5,6)7)26(39)41-16-18-12-9-8-10-13-18;1-5-3-2-4-5;1-2/h8-10,12-13,17,19,21-22H,11,14-16H2,1-7H3,(H2,30,36)(H,31,37)(H2,32,33,40);5H,2-4H2,1H3;2H,1H3. The van der Waals surface area contributed by atoms with Crippen LogP contribution >= 0.6 is 12.6 Å². The molecular formula is C35H57N5O7S. The van der Waals surface area contributed by atoms with E-state index >= 15 is 0 Å². The van der Waals surface area contributed by atoms with Crippen LogP contribution in [-0.2, 0) is 35.3 Å². The van der Waals surface area contributed by atoms with Gasteiger partial charge in [0.15, 0.2) is 0 Å². The smallest absolute Gasteiger partial charge is 0.329 e. The van der Waals surface area contributed by atoms with Crippen molar-refractivity contribution in [3.63, 3.8) is 0 Å². The number of carbonyl (C=O) groups is 6. The van der Waals surface area contributed by atoms with E-state index < -0.39 is 70.5 Å². The first kappa shape index (κ1) is 42.4. The SMILES string of the molecule is CC(NC(=O)C1CCCN1C(=O)C(NC(=O)NC(C(=O)OCc1ccccc1)C(C)(C)C)C(C)(C)C)C(=O)C(N)=O.CC1CCC1.CS. The highest BCUT2D eigenvalue weighted by Crippen LogP contribution is 2.27. The van der Waals surface area contributed by atoms with Crippen LogP contribution in [0, 0.1) is 16.7 Å². The highest BCUT2D eigenvalue weighted by molar-refractivity contribution is 7.79. The molecule has 13 heteroatoms. The van der Waals surface area contributed by atoms with Crippen LogP contribution in [0.25, 0.3) is 0 Å². The molecule has 1 aromatic rings. The largest absolute Gasteiger partial charge is 0.459 e. The minimum absolute atomic E-state index is 0.0424. The molecule has 5 N–H and O–H groups in total. The second-order valence-electron chi connectivity index (χ2n) is 14.5. The van der Waals surface area contributed by atoms with Crippen molar-refractivity contribution in [3.05, 3.63) is 35.9 Å². The summed E-state index contributed by atoms with van der Waals surface area (Å²) in [5.41, 5.74) is 4.35. The maximum absolute atomic E-state index is 13.7. The average molecular weight is 692 g/mol. The summed E-state index contributed by atoms with van der Waals surface area (Å²) < 4.78 is 5.47. The summed E-state index contributed by atoms with van der Waals surface area (Å²) in [7, 11) is 0. The summed E-state index contributed by atoms with van der Waals surface area (Å²) in [6.45, 7) is 14.6. The van der Waals surface area contributed by atoms with E-state index in [1.54, 1.807) is 47.8 Å². The number of hydrogen-bond acceptors (Lipinski definition) is 8. The number of hydrogen-bond donors (Lipinski definition) is 5. The lowest BCUT2D eigenvalue weighted by atomic mass is 9.85. The minimum Gasteiger partial charge on any atom is -0.459 e. The Balaban J connectivity index is 0.00000147. The zero-order chi connectivity index (χ0) is 36.8. The van der Waals surface area contributed by atoms with Crippen molar-refractivity contribution in [2.45, 2.75) is 118 Å². The summed E-state index contributed by atoms with van der Waals surface area (Å²) >= 11 is 3.53. The number of ether oxygens (including phenoxy) is 1. The van der Waals surface area contributed by atoms with E-state index in [1.807, 2.05) is 30.3 Å². The number of nitrogens with one attached hydrogen (secondary N) is 3. The van der Waals surface area contributed by atoms with Crippen molar-refractivity contribution in [2.24, 2.45) is 22.5 Å². The Hall–Kier alpha value is -3.61. The Morgan fingerprint density at radius 1 is 0.875 bits per heavy atom. The summed E-state index contributed by atoms with van der Waals surface area (Å²) in [5.74, 6) is -2.75. The molecule has 1 saturated carbocycles. The van der Waals surface area contributed by atoms with Crippen molar-refractivity contribution in [1.82, 2.24) is 20.9 Å². The van der Waals surface area contributed by atoms with Crippen molar-refractivity contribution in [3.8, 4) is 0 Å². The number of nitrogens with two attached hydrogens (primary N) is 1. The number of nitrogens with zero attached hydrogens (tertiary/aromatic N) is 1. The Bertz CT molecular complexity index is 1240. The maximum Gasteiger partial charge on any atom is 0.329 e. The van der Waals surface area contributed by atoms with Gasteiger partial charge in [-0.15, -0.1) is 0 Å². The van der Waals surface area contributed by atoms with Crippen LogP contribution in [0.3, 0.4) is 0 Å². The molecule has 2 aliphatic rings. The van der Waals surface area contributed by atoms with Gasteiger partial charge in [-0.3, -0.25) is 19.2 Å². The predicted molar refractivity (Wildman–Crippen MR) is 189 cm³/mol. The lowest BCUT2D eigenvalue weighted by Gasteiger charge is -2.36. The van der Waals surface area contributed by atoms with Gasteiger partial charge in [0.05, 0.1) is 6.04 Å². The van der Waals surface area contributed by atoms with Crippen LogP contribution in [0.2, 0.25) is 0 Å². The quantitative estimate of drug-likeness (QED) is 0.141. The zero-order valence-electron chi connectivity index (χ0n) is 30.1. The Morgan fingerprint density at radius 2 is 1.40 bits per heavy atom. The van der Waals surface area contributed by atoms with Crippen molar-refractivity contribution < 1.29 is 33.5 Å². The molecule has 5 amide bonds. The van der Waals surface area contributed by atoms with Crippen LogP contribution in [0.1, 0.15) is 93.1 Å². The summed E-state index contributed by atoms with van der Waals surface area (Å²) in [6.07, 6.45) is 7.03. The average Bonchev–Trinajstić information content (AvgIpc) is 3.50.